The van der Waals surface area contributed by atoms with Crippen molar-refractivity contribution in [3.05, 3.63) is 89.5 Å². The van der Waals surface area contributed by atoms with Crippen LogP contribution in [0.15, 0.2) is 72.8 Å². The molecule has 2 N–H and O–H groups in total. The van der Waals surface area contributed by atoms with E-state index in [1.165, 1.54) is 20.3 Å². The van der Waals surface area contributed by atoms with E-state index in [4.69, 9.17) is 9.47 Å². The molecule has 7 heteroatoms. The first-order valence-electron chi connectivity index (χ1n) is 9.06. The van der Waals surface area contributed by atoms with Crippen LogP contribution in [0.1, 0.15) is 31.1 Å². The zero-order chi connectivity index (χ0) is 21.5. The minimum Gasteiger partial charge on any atom is -0.497 e. The van der Waals surface area contributed by atoms with Crippen LogP contribution in [0, 0.1) is 0 Å². The zero-order valence-corrected chi connectivity index (χ0v) is 16.5. The molecule has 0 bridgehead atoms. The van der Waals surface area contributed by atoms with E-state index in [0.29, 0.717) is 28.3 Å². The van der Waals surface area contributed by atoms with Crippen LogP contribution in [0.2, 0.25) is 0 Å². The van der Waals surface area contributed by atoms with Crippen LogP contribution in [0.4, 0.5) is 11.4 Å². The van der Waals surface area contributed by atoms with Gasteiger partial charge in [0.15, 0.2) is 0 Å². The summed E-state index contributed by atoms with van der Waals surface area (Å²) >= 11 is 0. The van der Waals surface area contributed by atoms with Crippen LogP contribution < -0.4 is 15.4 Å². The lowest BCUT2D eigenvalue weighted by atomic mass is 10.1. The molecule has 0 aliphatic heterocycles. The minimum absolute atomic E-state index is 0.178. The van der Waals surface area contributed by atoms with Gasteiger partial charge in [-0.2, -0.15) is 0 Å². The quantitative estimate of drug-likeness (QED) is 0.606. The number of nitrogens with one attached hydrogen (secondary N) is 2. The van der Waals surface area contributed by atoms with E-state index in [1.807, 2.05) is 6.07 Å². The van der Waals surface area contributed by atoms with Crippen LogP contribution in [-0.4, -0.2) is 32.0 Å². The van der Waals surface area contributed by atoms with Gasteiger partial charge in [-0.25, -0.2) is 4.79 Å². The Morgan fingerprint density at radius 3 is 2.00 bits per heavy atom. The summed E-state index contributed by atoms with van der Waals surface area (Å²) in [6.45, 7) is 0. The van der Waals surface area contributed by atoms with Crippen LogP contribution in [0.3, 0.4) is 0 Å². The van der Waals surface area contributed by atoms with Crippen LogP contribution in [0.5, 0.6) is 5.75 Å². The normalized spacial score (nSPS) is 10.1. The Hall–Kier alpha value is -4.13. The van der Waals surface area contributed by atoms with E-state index < -0.39 is 11.9 Å². The van der Waals surface area contributed by atoms with Crippen LogP contribution in [-0.2, 0) is 4.74 Å². The molecule has 7 nitrogen and oxygen atoms in total. The molecule has 3 aromatic rings. The summed E-state index contributed by atoms with van der Waals surface area (Å²) in [4.78, 5) is 36.8. The number of anilines is 2. The Labute approximate surface area is 173 Å². The Morgan fingerprint density at radius 2 is 1.37 bits per heavy atom. The smallest absolute Gasteiger partial charge is 0.340 e. The molecule has 2 amide bonds. The van der Waals surface area contributed by atoms with Crippen molar-refractivity contribution < 1.29 is 23.9 Å². The van der Waals surface area contributed by atoms with Crippen molar-refractivity contribution in [2.45, 2.75) is 0 Å². The molecule has 3 rings (SSSR count). The van der Waals surface area contributed by atoms with Gasteiger partial charge >= 0.3 is 5.97 Å². The third kappa shape index (κ3) is 4.82. The van der Waals surface area contributed by atoms with E-state index in [-0.39, 0.29) is 11.5 Å². The molecule has 0 heterocycles. The fourth-order valence-electron chi connectivity index (χ4n) is 2.73. The number of esters is 1. The molecule has 0 radical (unpaired) electrons. The molecule has 3 aromatic carbocycles. The highest BCUT2D eigenvalue weighted by molar-refractivity contribution is 6.09. The molecule has 0 saturated heterocycles. The fourth-order valence-corrected chi connectivity index (χ4v) is 2.73. The van der Waals surface area contributed by atoms with Gasteiger partial charge in [-0.1, -0.05) is 18.2 Å². The maximum absolute atomic E-state index is 12.6. The van der Waals surface area contributed by atoms with Gasteiger partial charge in [0, 0.05) is 16.8 Å². The topological polar surface area (TPSA) is 93.7 Å². The highest BCUT2D eigenvalue weighted by Gasteiger charge is 2.16. The molecule has 0 atom stereocenters. The van der Waals surface area contributed by atoms with E-state index >= 15 is 0 Å². The van der Waals surface area contributed by atoms with Gasteiger partial charge in [-0.05, 0) is 54.6 Å². The molecule has 0 aliphatic carbocycles. The zero-order valence-electron chi connectivity index (χ0n) is 16.5. The number of benzene rings is 3. The predicted molar refractivity (Wildman–Crippen MR) is 113 cm³/mol. The Kier molecular flexibility index (Phi) is 6.44. The summed E-state index contributed by atoms with van der Waals surface area (Å²) in [6.07, 6.45) is 0. The Morgan fingerprint density at radius 1 is 0.733 bits per heavy atom. The number of carbonyl (C=O) groups is 3. The SMILES string of the molecule is COC(=O)c1cc(OC)ccc1NC(=O)c1ccc(NC(=O)c2ccccc2)cc1. The highest BCUT2D eigenvalue weighted by atomic mass is 16.5. The fraction of sp³-hybridized carbons (Fsp3) is 0.0870. The number of carbonyl (C=O) groups excluding carboxylic acids is 3. The second-order valence-corrected chi connectivity index (χ2v) is 6.25. The van der Waals surface area contributed by atoms with Gasteiger partial charge < -0.3 is 20.1 Å². The van der Waals surface area contributed by atoms with Crippen molar-refractivity contribution in [1.29, 1.82) is 0 Å². The van der Waals surface area contributed by atoms with Gasteiger partial charge in [0.1, 0.15) is 5.75 Å². The van der Waals surface area contributed by atoms with Gasteiger partial charge in [0.05, 0.1) is 25.5 Å². The summed E-state index contributed by atoms with van der Waals surface area (Å²) < 4.78 is 9.88. The first kappa shape index (κ1) is 20.6. The summed E-state index contributed by atoms with van der Waals surface area (Å²) in [5.41, 5.74) is 1.93. The summed E-state index contributed by atoms with van der Waals surface area (Å²) in [5, 5.41) is 5.47. The van der Waals surface area contributed by atoms with Crippen molar-refractivity contribution in [1.82, 2.24) is 0 Å². The Bertz CT molecular complexity index is 1060. The molecular formula is C23H20N2O5. The molecule has 0 aliphatic rings. The van der Waals surface area contributed by atoms with Crippen molar-refractivity contribution in [3.63, 3.8) is 0 Å². The average molecular weight is 404 g/mol. The monoisotopic (exact) mass is 404 g/mol. The number of ether oxygens (including phenoxy) is 2. The first-order chi connectivity index (χ1) is 14.5. The average Bonchev–Trinajstić information content (AvgIpc) is 2.79. The van der Waals surface area contributed by atoms with Gasteiger partial charge in [0.2, 0.25) is 0 Å². The molecule has 0 unspecified atom stereocenters. The first-order valence-corrected chi connectivity index (χ1v) is 9.06. The number of rotatable bonds is 6. The lowest BCUT2D eigenvalue weighted by Crippen LogP contribution is -2.16. The molecule has 30 heavy (non-hydrogen) atoms. The number of hydrogen-bond acceptors (Lipinski definition) is 5. The van der Waals surface area contributed by atoms with Gasteiger partial charge in [-0.3, -0.25) is 9.59 Å². The maximum Gasteiger partial charge on any atom is 0.340 e. The van der Waals surface area contributed by atoms with Gasteiger partial charge in [-0.15, -0.1) is 0 Å². The molecule has 0 saturated carbocycles. The number of methoxy groups -OCH3 is 2. The maximum atomic E-state index is 12.6. The predicted octanol–water partition coefficient (Wildman–Crippen LogP) is 3.99. The second-order valence-electron chi connectivity index (χ2n) is 6.25. The Balaban J connectivity index is 1.72. The molecule has 0 fully saturated rings. The van der Waals surface area contributed by atoms with E-state index in [1.54, 1.807) is 60.7 Å². The standard InChI is InChI=1S/C23H20N2O5/c1-29-18-12-13-20(19(14-18)23(28)30-2)25-22(27)16-8-10-17(11-9-16)24-21(26)15-6-4-3-5-7-15/h3-14H,1-2H3,(H,24,26)(H,25,27). The van der Waals surface area contributed by atoms with Crippen molar-refractivity contribution >= 4 is 29.2 Å². The van der Waals surface area contributed by atoms with Gasteiger partial charge in [0.25, 0.3) is 11.8 Å². The summed E-state index contributed by atoms with van der Waals surface area (Å²) in [5.74, 6) is -0.782. The van der Waals surface area contributed by atoms with Crippen LogP contribution in [0.25, 0.3) is 0 Å². The van der Waals surface area contributed by atoms with Crippen molar-refractivity contribution in [2.24, 2.45) is 0 Å². The lowest BCUT2D eigenvalue weighted by molar-refractivity contribution is 0.0601. The number of hydrogen-bond donors (Lipinski definition) is 2. The van der Waals surface area contributed by atoms with E-state index in [9.17, 15) is 14.4 Å². The molecular weight excluding hydrogens is 384 g/mol. The third-order valence-corrected chi connectivity index (χ3v) is 4.32. The van der Waals surface area contributed by atoms with E-state index in [0.717, 1.165) is 0 Å². The summed E-state index contributed by atoms with van der Waals surface area (Å²) in [6, 6.07) is 19.9. The minimum atomic E-state index is -0.594. The van der Waals surface area contributed by atoms with E-state index in [2.05, 4.69) is 10.6 Å². The second kappa shape index (κ2) is 9.38. The highest BCUT2D eigenvalue weighted by Crippen LogP contribution is 2.24. The number of amides is 2. The van der Waals surface area contributed by atoms with Crippen LogP contribution >= 0.6 is 0 Å². The molecule has 0 spiro atoms. The third-order valence-electron chi connectivity index (χ3n) is 4.32. The van der Waals surface area contributed by atoms with Crippen molar-refractivity contribution in [3.8, 4) is 5.75 Å². The molecule has 0 aromatic heterocycles. The molecule has 152 valence electrons. The lowest BCUT2D eigenvalue weighted by Gasteiger charge is -2.12. The van der Waals surface area contributed by atoms with Crippen molar-refractivity contribution in [2.75, 3.05) is 24.9 Å². The largest absolute Gasteiger partial charge is 0.497 e. The summed E-state index contributed by atoms with van der Waals surface area (Å²) in [7, 11) is 2.74.